The zero-order valence-corrected chi connectivity index (χ0v) is 17.1. The van der Waals surface area contributed by atoms with Gasteiger partial charge >= 0.3 is 0 Å². The van der Waals surface area contributed by atoms with Crippen LogP contribution in [0.1, 0.15) is 23.6 Å². The maximum Gasteiger partial charge on any atom is 0.229 e. The molecule has 29 heavy (non-hydrogen) atoms. The number of anilines is 4. The molecule has 4 rings (SSSR count). The van der Waals surface area contributed by atoms with Crippen LogP contribution in [0.25, 0.3) is 6.08 Å². The molecule has 1 aromatic heterocycles. The monoisotopic (exact) mass is 406 g/mol. The number of fused-ring (bicyclic) bond motifs is 1. The first-order valence-electron chi connectivity index (χ1n) is 9.28. The summed E-state index contributed by atoms with van der Waals surface area (Å²) in [5.74, 6) is 1.11. The average Bonchev–Trinajstić information content (AvgIpc) is 3.00. The van der Waals surface area contributed by atoms with E-state index in [0.717, 1.165) is 17.8 Å². The zero-order chi connectivity index (χ0) is 20.4. The highest BCUT2D eigenvalue weighted by atomic mass is 32.2. The standard InChI is InChI=1S/C22H22N4O2S/c1-15-10-17-6-7-20(13-18(17)11-15)24-21-8-9-23-22(26-21)25-19-5-3-4-16(12-19)14-29(2,27)28/h3-9,11-13H,10,14H2,1-2H3,(H2,23,24,25,26). The summed E-state index contributed by atoms with van der Waals surface area (Å²) in [5.41, 5.74) is 6.36. The summed E-state index contributed by atoms with van der Waals surface area (Å²) in [4.78, 5) is 8.77. The summed E-state index contributed by atoms with van der Waals surface area (Å²) in [6, 6.07) is 15.4. The van der Waals surface area contributed by atoms with Crippen molar-refractivity contribution in [2.24, 2.45) is 0 Å². The van der Waals surface area contributed by atoms with Crippen molar-refractivity contribution < 1.29 is 8.42 Å². The van der Waals surface area contributed by atoms with Crippen LogP contribution in [0.2, 0.25) is 0 Å². The van der Waals surface area contributed by atoms with Crippen molar-refractivity contribution in [3.05, 3.63) is 77.0 Å². The molecule has 2 aromatic carbocycles. The molecule has 1 heterocycles. The Morgan fingerprint density at radius 1 is 1.03 bits per heavy atom. The van der Waals surface area contributed by atoms with Crippen molar-refractivity contribution in [3.63, 3.8) is 0 Å². The lowest BCUT2D eigenvalue weighted by Gasteiger charge is -2.10. The largest absolute Gasteiger partial charge is 0.340 e. The van der Waals surface area contributed by atoms with Gasteiger partial charge in [0.25, 0.3) is 0 Å². The molecule has 0 unspecified atom stereocenters. The molecule has 1 aliphatic carbocycles. The fraction of sp³-hybridized carbons (Fsp3) is 0.182. The number of allylic oxidation sites excluding steroid dienone is 1. The molecule has 0 spiro atoms. The third-order valence-electron chi connectivity index (χ3n) is 4.56. The van der Waals surface area contributed by atoms with Crippen LogP contribution in [0, 0.1) is 0 Å². The van der Waals surface area contributed by atoms with Gasteiger partial charge in [-0.05, 0) is 60.4 Å². The predicted molar refractivity (Wildman–Crippen MR) is 117 cm³/mol. The van der Waals surface area contributed by atoms with Crippen molar-refractivity contribution in [2.45, 2.75) is 19.1 Å². The van der Waals surface area contributed by atoms with Gasteiger partial charge in [-0.1, -0.05) is 29.8 Å². The minimum absolute atomic E-state index is 0.00276. The summed E-state index contributed by atoms with van der Waals surface area (Å²) in [6.45, 7) is 2.14. The van der Waals surface area contributed by atoms with Crippen molar-refractivity contribution >= 4 is 39.1 Å². The summed E-state index contributed by atoms with van der Waals surface area (Å²) >= 11 is 0. The molecular weight excluding hydrogens is 384 g/mol. The van der Waals surface area contributed by atoms with Crippen LogP contribution in [-0.4, -0.2) is 24.6 Å². The Hall–Kier alpha value is -3.19. The lowest BCUT2D eigenvalue weighted by atomic mass is 10.1. The van der Waals surface area contributed by atoms with Gasteiger partial charge in [0.15, 0.2) is 9.84 Å². The second-order valence-corrected chi connectivity index (χ2v) is 9.51. The van der Waals surface area contributed by atoms with Crippen molar-refractivity contribution in [1.29, 1.82) is 0 Å². The maximum absolute atomic E-state index is 11.5. The van der Waals surface area contributed by atoms with Gasteiger partial charge in [0.05, 0.1) is 5.75 Å². The minimum atomic E-state index is -3.09. The molecule has 6 nitrogen and oxygen atoms in total. The van der Waals surface area contributed by atoms with Crippen molar-refractivity contribution in [3.8, 4) is 0 Å². The Bertz CT molecular complexity index is 1200. The van der Waals surface area contributed by atoms with Gasteiger partial charge in [0.1, 0.15) is 5.82 Å². The maximum atomic E-state index is 11.5. The average molecular weight is 407 g/mol. The third-order valence-corrected chi connectivity index (χ3v) is 5.41. The lowest BCUT2D eigenvalue weighted by Crippen LogP contribution is -2.03. The molecule has 1 aliphatic rings. The zero-order valence-electron chi connectivity index (χ0n) is 16.3. The number of rotatable bonds is 6. The highest BCUT2D eigenvalue weighted by molar-refractivity contribution is 7.89. The van der Waals surface area contributed by atoms with E-state index >= 15 is 0 Å². The van der Waals surface area contributed by atoms with E-state index in [1.807, 2.05) is 12.1 Å². The number of nitrogens with zero attached hydrogens (tertiary/aromatic N) is 2. The SMILES string of the molecule is CC1=Cc2cc(Nc3ccnc(Nc4cccc(CS(C)(=O)=O)c4)n3)ccc2C1. The van der Waals surface area contributed by atoms with E-state index < -0.39 is 9.84 Å². The van der Waals surface area contributed by atoms with E-state index in [4.69, 9.17) is 0 Å². The third kappa shape index (κ3) is 5.00. The molecule has 0 saturated carbocycles. The van der Waals surface area contributed by atoms with Gasteiger partial charge in [0.2, 0.25) is 5.95 Å². The number of aromatic nitrogens is 2. The highest BCUT2D eigenvalue weighted by Crippen LogP contribution is 2.28. The Balaban J connectivity index is 1.50. The molecule has 0 atom stereocenters. The smallest absolute Gasteiger partial charge is 0.229 e. The predicted octanol–water partition coefficient (Wildman–Crippen LogP) is 4.47. The summed E-state index contributed by atoms with van der Waals surface area (Å²) in [5, 5.41) is 6.45. The first kappa shape index (κ1) is 19.1. The van der Waals surface area contributed by atoms with E-state index in [9.17, 15) is 8.42 Å². The van der Waals surface area contributed by atoms with Crippen LogP contribution in [-0.2, 0) is 22.0 Å². The highest BCUT2D eigenvalue weighted by Gasteiger charge is 2.10. The van der Waals surface area contributed by atoms with E-state index in [1.165, 1.54) is 23.0 Å². The molecule has 0 radical (unpaired) electrons. The van der Waals surface area contributed by atoms with E-state index in [0.29, 0.717) is 17.3 Å². The number of hydrogen-bond acceptors (Lipinski definition) is 6. The Morgan fingerprint density at radius 2 is 1.86 bits per heavy atom. The van der Waals surface area contributed by atoms with Gasteiger partial charge in [0, 0.05) is 23.8 Å². The van der Waals surface area contributed by atoms with E-state index in [2.05, 4.69) is 51.8 Å². The van der Waals surface area contributed by atoms with Crippen LogP contribution in [0.4, 0.5) is 23.1 Å². The van der Waals surface area contributed by atoms with Crippen molar-refractivity contribution in [1.82, 2.24) is 9.97 Å². The van der Waals surface area contributed by atoms with Gasteiger partial charge in [-0.25, -0.2) is 13.4 Å². The number of benzene rings is 2. The second-order valence-electron chi connectivity index (χ2n) is 7.37. The molecule has 0 amide bonds. The fourth-order valence-electron chi connectivity index (χ4n) is 3.39. The lowest BCUT2D eigenvalue weighted by molar-refractivity contribution is 0.601. The first-order chi connectivity index (χ1) is 13.8. The van der Waals surface area contributed by atoms with Crippen LogP contribution < -0.4 is 10.6 Å². The van der Waals surface area contributed by atoms with Gasteiger partial charge in [-0.15, -0.1) is 0 Å². The number of sulfone groups is 1. The molecule has 0 bridgehead atoms. The van der Waals surface area contributed by atoms with Crippen LogP contribution >= 0.6 is 0 Å². The number of hydrogen-bond donors (Lipinski definition) is 2. The van der Waals surface area contributed by atoms with Gasteiger partial charge in [-0.2, -0.15) is 4.98 Å². The molecule has 7 heteroatoms. The quantitative estimate of drug-likeness (QED) is 0.628. The summed E-state index contributed by atoms with van der Waals surface area (Å²) in [6.07, 6.45) is 6.11. The molecule has 0 aliphatic heterocycles. The van der Waals surface area contributed by atoms with E-state index in [-0.39, 0.29) is 5.75 Å². The molecule has 148 valence electrons. The molecule has 3 aromatic rings. The molecular formula is C22H22N4O2S. The minimum Gasteiger partial charge on any atom is -0.340 e. The van der Waals surface area contributed by atoms with Crippen LogP contribution in [0.5, 0.6) is 0 Å². The molecule has 0 saturated heterocycles. The van der Waals surface area contributed by atoms with Gasteiger partial charge in [-0.3, -0.25) is 0 Å². The summed E-state index contributed by atoms with van der Waals surface area (Å²) in [7, 11) is -3.09. The van der Waals surface area contributed by atoms with E-state index in [1.54, 1.807) is 24.4 Å². The fourth-order valence-corrected chi connectivity index (χ4v) is 4.18. The normalized spacial score (nSPS) is 13.0. The second kappa shape index (κ2) is 7.67. The van der Waals surface area contributed by atoms with Crippen LogP contribution in [0.15, 0.2) is 60.3 Å². The van der Waals surface area contributed by atoms with Gasteiger partial charge < -0.3 is 10.6 Å². The topological polar surface area (TPSA) is 84.0 Å². The Kier molecular flexibility index (Phi) is 5.07. The Morgan fingerprint density at radius 3 is 2.69 bits per heavy atom. The summed E-state index contributed by atoms with van der Waals surface area (Å²) < 4.78 is 23.0. The van der Waals surface area contributed by atoms with Crippen molar-refractivity contribution in [2.75, 3.05) is 16.9 Å². The molecule has 2 N–H and O–H groups in total. The van der Waals surface area contributed by atoms with Crippen LogP contribution in [0.3, 0.4) is 0 Å². The first-order valence-corrected chi connectivity index (χ1v) is 11.3. The number of nitrogens with one attached hydrogen (secondary N) is 2. The Labute approximate surface area is 170 Å². The molecule has 0 fully saturated rings.